The van der Waals surface area contributed by atoms with E-state index in [4.69, 9.17) is 0 Å². The maximum absolute atomic E-state index is 14.5. The molecule has 3 aromatic rings. The van der Waals surface area contributed by atoms with Gasteiger partial charge in [-0.2, -0.15) is 12.7 Å². The molecule has 4 rings (SSSR count). The molecule has 1 aliphatic carbocycles. The first-order chi connectivity index (χ1) is 17.2. The Labute approximate surface area is 212 Å². The topological polar surface area (TPSA) is 69.7 Å². The molecule has 1 N–H and O–H groups in total. The summed E-state index contributed by atoms with van der Waals surface area (Å²) >= 11 is 0. The Bertz CT molecular complexity index is 1340. The molecule has 190 valence electrons. The molecule has 1 amide bonds. The van der Waals surface area contributed by atoms with E-state index < -0.39 is 16.0 Å². The number of halogens is 1. The molecule has 6 nitrogen and oxygen atoms in total. The number of para-hydroxylation sites is 1. The van der Waals surface area contributed by atoms with E-state index >= 15 is 0 Å². The molecule has 0 bridgehead atoms. The molecule has 8 heteroatoms. The summed E-state index contributed by atoms with van der Waals surface area (Å²) in [6.45, 7) is 1.89. The summed E-state index contributed by atoms with van der Waals surface area (Å²) in [5.74, 6) is -0.839. The number of aryl methyl sites for hydroxylation is 2. The zero-order valence-electron chi connectivity index (χ0n) is 20.9. The minimum absolute atomic E-state index is 0.0353. The second-order valence-electron chi connectivity index (χ2n) is 9.38. The maximum Gasteiger partial charge on any atom is 0.303 e. The summed E-state index contributed by atoms with van der Waals surface area (Å²) in [4.78, 5) is 12.9. The van der Waals surface area contributed by atoms with Gasteiger partial charge < -0.3 is 5.32 Å². The Balaban J connectivity index is 1.48. The van der Waals surface area contributed by atoms with Gasteiger partial charge in [0.2, 0.25) is 0 Å². The van der Waals surface area contributed by atoms with Crippen LogP contribution in [0.4, 0.5) is 10.1 Å². The molecule has 1 unspecified atom stereocenters. The second-order valence-corrected chi connectivity index (χ2v) is 11.4. The van der Waals surface area contributed by atoms with Gasteiger partial charge in [0.25, 0.3) is 5.91 Å². The lowest BCUT2D eigenvalue weighted by Crippen LogP contribution is -2.40. The molecule has 1 aliphatic rings. The molecule has 0 aromatic heterocycles. The van der Waals surface area contributed by atoms with Gasteiger partial charge in [0, 0.05) is 19.7 Å². The van der Waals surface area contributed by atoms with Crippen molar-refractivity contribution >= 4 is 21.8 Å². The minimum atomic E-state index is -3.95. The van der Waals surface area contributed by atoms with Crippen molar-refractivity contribution in [2.75, 3.05) is 18.4 Å². The van der Waals surface area contributed by atoms with E-state index in [0.717, 1.165) is 27.0 Å². The number of hydrogen-bond acceptors (Lipinski definition) is 3. The number of rotatable bonds is 8. The lowest BCUT2D eigenvalue weighted by molar-refractivity contribution is 0.0940. The van der Waals surface area contributed by atoms with E-state index in [0.29, 0.717) is 11.1 Å². The SMILES string of the molecule is CC(NC(=O)c1ccc(CN(c2ccccc2F)S(=O)(=O)N(C)C)cc1)c1ccc2c(c1)CCCC2. The number of hydrogen-bond donors (Lipinski definition) is 1. The largest absolute Gasteiger partial charge is 0.346 e. The highest BCUT2D eigenvalue weighted by Crippen LogP contribution is 2.27. The van der Waals surface area contributed by atoms with Crippen molar-refractivity contribution in [3.63, 3.8) is 0 Å². The number of amides is 1. The fourth-order valence-electron chi connectivity index (χ4n) is 4.46. The van der Waals surface area contributed by atoms with Gasteiger partial charge in [-0.15, -0.1) is 0 Å². The van der Waals surface area contributed by atoms with Crippen molar-refractivity contribution < 1.29 is 17.6 Å². The van der Waals surface area contributed by atoms with Crippen LogP contribution in [-0.2, 0) is 29.6 Å². The van der Waals surface area contributed by atoms with Crippen LogP contribution in [0.25, 0.3) is 0 Å². The van der Waals surface area contributed by atoms with E-state index in [1.54, 1.807) is 30.3 Å². The standard InChI is InChI=1S/C28H32FN3O3S/c1-20(24-17-16-22-8-4-5-9-25(22)18-24)30-28(33)23-14-12-21(13-15-23)19-32(36(34,35)31(2)3)27-11-7-6-10-26(27)29/h6-7,10-18,20H,4-5,8-9,19H2,1-3H3,(H,30,33). The van der Waals surface area contributed by atoms with Crippen molar-refractivity contribution in [2.45, 2.75) is 45.2 Å². The first-order valence-electron chi connectivity index (χ1n) is 12.1. The normalized spacial score (nSPS) is 14.2. The van der Waals surface area contributed by atoms with Crippen molar-refractivity contribution in [3.8, 4) is 0 Å². The van der Waals surface area contributed by atoms with Gasteiger partial charge in [0.05, 0.1) is 18.3 Å². The monoisotopic (exact) mass is 509 g/mol. The Morgan fingerprint density at radius 3 is 2.31 bits per heavy atom. The first-order valence-corrected chi connectivity index (χ1v) is 13.5. The third-order valence-corrected chi connectivity index (χ3v) is 8.43. The molecular weight excluding hydrogens is 477 g/mol. The molecular formula is C28H32FN3O3S. The van der Waals surface area contributed by atoms with E-state index in [2.05, 4.69) is 23.5 Å². The summed E-state index contributed by atoms with van der Waals surface area (Å²) in [6.07, 6.45) is 4.63. The molecule has 0 saturated heterocycles. The molecule has 0 heterocycles. The molecule has 36 heavy (non-hydrogen) atoms. The molecule has 0 radical (unpaired) electrons. The summed E-state index contributed by atoms with van der Waals surface area (Å²) in [5.41, 5.74) is 4.91. The van der Waals surface area contributed by atoms with Gasteiger partial charge in [-0.3, -0.25) is 9.10 Å². The van der Waals surface area contributed by atoms with E-state index in [1.165, 1.54) is 56.3 Å². The fraction of sp³-hybridized carbons (Fsp3) is 0.321. The highest BCUT2D eigenvalue weighted by Gasteiger charge is 2.27. The van der Waals surface area contributed by atoms with Crippen molar-refractivity contribution in [1.29, 1.82) is 0 Å². The van der Waals surface area contributed by atoms with Gasteiger partial charge in [-0.25, -0.2) is 4.39 Å². The number of anilines is 1. The number of carbonyl (C=O) groups excluding carboxylic acids is 1. The van der Waals surface area contributed by atoms with Crippen LogP contribution >= 0.6 is 0 Å². The number of fused-ring (bicyclic) bond motifs is 1. The fourth-order valence-corrected chi connectivity index (χ4v) is 5.56. The number of nitrogens with zero attached hydrogens (tertiary/aromatic N) is 2. The third-order valence-electron chi connectivity index (χ3n) is 6.62. The van der Waals surface area contributed by atoms with Crippen LogP contribution in [0.15, 0.2) is 66.7 Å². The highest BCUT2D eigenvalue weighted by atomic mass is 32.2. The average Bonchev–Trinajstić information content (AvgIpc) is 2.87. The zero-order chi connectivity index (χ0) is 25.9. The number of nitrogens with one attached hydrogen (secondary N) is 1. The molecule has 0 saturated carbocycles. The van der Waals surface area contributed by atoms with Crippen LogP contribution in [0.1, 0.15) is 58.4 Å². The van der Waals surface area contributed by atoms with Gasteiger partial charge in [-0.05, 0) is 79.1 Å². The van der Waals surface area contributed by atoms with E-state index in [9.17, 15) is 17.6 Å². The van der Waals surface area contributed by atoms with Crippen LogP contribution in [0.3, 0.4) is 0 Å². The predicted octanol–water partition coefficient (Wildman–Crippen LogP) is 5.01. The molecule has 3 aromatic carbocycles. The minimum Gasteiger partial charge on any atom is -0.346 e. The quantitative estimate of drug-likeness (QED) is 0.464. The van der Waals surface area contributed by atoms with E-state index in [1.807, 2.05) is 6.92 Å². The zero-order valence-corrected chi connectivity index (χ0v) is 21.7. The molecule has 1 atom stereocenters. The number of carbonyl (C=O) groups is 1. The Kier molecular flexibility index (Phi) is 7.76. The summed E-state index contributed by atoms with van der Waals surface area (Å²) in [5, 5.41) is 3.05. The van der Waals surface area contributed by atoms with Gasteiger partial charge in [0.1, 0.15) is 5.82 Å². The van der Waals surface area contributed by atoms with Crippen molar-refractivity contribution in [2.24, 2.45) is 0 Å². The van der Waals surface area contributed by atoms with Gasteiger partial charge in [0.15, 0.2) is 0 Å². The molecule has 0 spiro atoms. The van der Waals surface area contributed by atoms with Crippen molar-refractivity contribution in [3.05, 3.63) is 100 Å². The smallest absolute Gasteiger partial charge is 0.303 e. The summed E-state index contributed by atoms with van der Waals surface area (Å²) in [6, 6.07) is 18.8. The Morgan fingerprint density at radius 2 is 1.64 bits per heavy atom. The second kappa shape index (κ2) is 10.8. The average molecular weight is 510 g/mol. The summed E-state index contributed by atoms with van der Waals surface area (Å²) < 4.78 is 42.4. The van der Waals surface area contributed by atoms with Crippen LogP contribution in [0.5, 0.6) is 0 Å². The van der Waals surface area contributed by atoms with Crippen molar-refractivity contribution in [1.82, 2.24) is 9.62 Å². The lowest BCUT2D eigenvalue weighted by Gasteiger charge is -2.27. The van der Waals surface area contributed by atoms with Crippen LogP contribution in [-0.4, -0.2) is 32.7 Å². The lowest BCUT2D eigenvalue weighted by atomic mass is 9.89. The predicted molar refractivity (Wildman–Crippen MR) is 141 cm³/mol. The van der Waals surface area contributed by atoms with E-state index in [-0.39, 0.29) is 24.2 Å². The molecule has 0 fully saturated rings. The van der Waals surface area contributed by atoms with Gasteiger partial charge in [-0.1, -0.05) is 42.5 Å². The van der Waals surface area contributed by atoms with Crippen LogP contribution < -0.4 is 9.62 Å². The van der Waals surface area contributed by atoms with Gasteiger partial charge >= 0.3 is 10.2 Å². The number of benzene rings is 3. The first kappa shape index (κ1) is 25.9. The molecule has 0 aliphatic heterocycles. The van der Waals surface area contributed by atoms with Crippen LogP contribution in [0.2, 0.25) is 0 Å². The Morgan fingerprint density at radius 1 is 0.972 bits per heavy atom. The third kappa shape index (κ3) is 5.60. The maximum atomic E-state index is 14.5. The van der Waals surface area contributed by atoms with Crippen LogP contribution in [0, 0.1) is 5.82 Å². The Hall–Kier alpha value is -3.23. The highest BCUT2D eigenvalue weighted by molar-refractivity contribution is 7.90. The summed E-state index contributed by atoms with van der Waals surface area (Å²) in [7, 11) is -1.14.